The largest absolute Gasteiger partial charge is 0.352 e. The molecule has 2 aromatic carbocycles. The lowest BCUT2D eigenvalue weighted by Gasteiger charge is -2.30. The van der Waals surface area contributed by atoms with E-state index in [4.69, 9.17) is 0 Å². The molecule has 1 N–H and O–H groups in total. The van der Waals surface area contributed by atoms with Gasteiger partial charge >= 0.3 is 0 Å². The number of hydrogen-bond donors (Lipinski definition) is 1. The first-order valence-electron chi connectivity index (χ1n) is 9.70. The van der Waals surface area contributed by atoms with E-state index in [2.05, 4.69) is 21.2 Å². The van der Waals surface area contributed by atoms with Crippen LogP contribution in [0.1, 0.15) is 43.9 Å². The van der Waals surface area contributed by atoms with Crippen molar-refractivity contribution in [3.05, 3.63) is 69.7 Å². The molecule has 28 heavy (non-hydrogen) atoms. The summed E-state index contributed by atoms with van der Waals surface area (Å²) in [5.41, 5.74) is 3.05. The molecule has 2 unspecified atom stereocenters. The number of rotatable bonds is 8. The van der Waals surface area contributed by atoms with Crippen LogP contribution in [0.5, 0.6) is 0 Å². The van der Waals surface area contributed by atoms with Crippen LogP contribution in [0, 0.1) is 6.92 Å². The summed E-state index contributed by atoms with van der Waals surface area (Å²) in [6, 6.07) is 15.2. The Labute approximate surface area is 176 Å². The molecule has 2 amide bonds. The molecule has 0 fully saturated rings. The topological polar surface area (TPSA) is 49.4 Å². The molecule has 0 saturated heterocycles. The van der Waals surface area contributed by atoms with Crippen LogP contribution in [0.15, 0.2) is 53.0 Å². The van der Waals surface area contributed by atoms with Gasteiger partial charge in [0.2, 0.25) is 11.8 Å². The maximum absolute atomic E-state index is 13.2. The first-order valence-corrected chi connectivity index (χ1v) is 10.5. The second-order valence-corrected chi connectivity index (χ2v) is 8.16. The number of aryl methyl sites for hydroxylation is 1. The van der Waals surface area contributed by atoms with Gasteiger partial charge in [0, 0.05) is 17.1 Å². The molecule has 4 nitrogen and oxygen atoms in total. The summed E-state index contributed by atoms with van der Waals surface area (Å²) in [5, 5.41) is 2.99. The fraction of sp³-hybridized carbons (Fsp3) is 0.391. The van der Waals surface area contributed by atoms with E-state index in [1.54, 1.807) is 11.8 Å². The number of carbonyl (C=O) groups excluding carboxylic acids is 2. The summed E-state index contributed by atoms with van der Waals surface area (Å²) in [5.74, 6) is -0.177. The van der Waals surface area contributed by atoms with Gasteiger partial charge in [0.25, 0.3) is 0 Å². The summed E-state index contributed by atoms with van der Waals surface area (Å²) in [4.78, 5) is 27.6. The van der Waals surface area contributed by atoms with Gasteiger partial charge in [-0.3, -0.25) is 9.59 Å². The van der Waals surface area contributed by atoms with E-state index < -0.39 is 6.04 Å². The van der Waals surface area contributed by atoms with Crippen LogP contribution in [-0.4, -0.2) is 28.8 Å². The lowest BCUT2D eigenvalue weighted by molar-refractivity contribution is -0.140. The standard InChI is InChI=1S/C23H29BrN2O2/c1-5-17(3)25-23(28)18(4)26(15-19-10-8-12-21(24)13-19)22(27)14-20-11-7-6-9-16(20)2/h6-13,17-18H,5,14-15H2,1-4H3,(H,25,28). The Morgan fingerprint density at radius 1 is 1.11 bits per heavy atom. The van der Waals surface area contributed by atoms with E-state index in [-0.39, 0.29) is 24.3 Å². The molecule has 0 aromatic heterocycles. The second kappa shape index (κ2) is 10.4. The number of carbonyl (C=O) groups is 2. The van der Waals surface area contributed by atoms with Crippen LogP contribution in [0.25, 0.3) is 0 Å². The average molecular weight is 445 g/mol. The number of halogens is 1. The Kier molecular flexibility index (Phi) is 8.24. The van der Waals surface area contributed by atoms with Crippen molar-refractivity contribution in [2.45, 2.75) is 59.2 Å². The molecular weight excluding hydrogens is 416 g/mol. The molecule has 2 rings (SSSR count). The van der Waals surface area contributed by atoms with Gasteiger partial charge in [-0.1, -0.05) is 59.3 Å². The first kappa shape index (κ1) is 22.2. The molecule has 150 valence electrons. The number of benzene rings is 2. The zero-order valence-electron chi connectivity index (χ0n) is 17.0. The Morgan fingerprint density at radius 2 is 1.82 bits per heavy atom. The van der Waals surface area contributed by atoms with Gasteiger partial charge < -0.3 is 10.2 Å². The summed E-state index contributed by atoms with van der Waals surface area (Å²) in [6.07, 6.45) is 1.13. The molecule has 2 aromatic rings. The second-order valence-electron chi connectivity index (χ2n) is 7.25. The van der Waals surface area contributed by atoms with Gasteiger partial charge in [0.15, 0.2) is 0 Å². The molecule has 0 aliphatic carbocycles. The van der Waals surface area contributed by atoms with Crippen LogP contribution in [0.2, 0.25) is 0 Å². The van der Waals surface area contributed by atoms with Gasteiger partial charge in [0.05, 0.1) is 6.42 Å². The molecule has 0 heterocycles. The number of amides is 2. The molecule has 0 spiro atoms. The molecule has 0 aliphatic rings. The number of hydrogen-bond acceptors (Lipinski definition) is 2. The molecular formula is C23H29BrN2O2. The normalized spacial score (nSPS) is 12.9. The van der Waals surface area contributed by atoms with Gasteiger partial charge in [0.1, 0.15) is 6.04 Å². The van der Waals surface area contributed by atoms with Gasteiger partial charge in [-0.25, -0.2) is 0 Å². The lowest BCUT2D eigenvalue weighted by atomic mass is 10.0. The minimum Gasteiger partial charge on any atom is -0.352 e. The zero-order chi connectivity index (χ0) is 20.7. The predicted molar refractivity (Wildman–Crippen MR) is 117 cm³/mol. The third-order valence-electron chi connectivity index (χ3n) is 5.01. The third kappa shape index (κ3) is 6.20. The van der Waals surface area contributed by atoms with Crippen molar-refractivity contribution in [1.29, 1.82) is 0 Å². The smallest absolute Gasteiger partial charge is 0.242 e. The van der Waals surface area contributed by atoms with Crippen molar-refractivity contribution in [3.63, 3.8) is 0 Å². The minimum absolute atomic E-state index is 0.0546. The lowest BCUT2D eigenvalue weighted by Crippen LogP contribution is -2.49. The van der Waals surface area contributed by atoms with E-state index in [0.717, 1.165) is 27.6 Å². The van der Waals surface area contributed by atoms with E-state index >= 15 is 0 Å². The molecule has 0 aliphatic heterocycles. The summed E-state index contributed by atoms with van der Waals surface area (Å²) < 4.78 is 0.952. The highest BCUT2D eigenvalue weighted by atomic mass is 79.9. The van der Waals surface area contributed by atoms with Crippen molar-refractivity contribution < 1.29 is 9.59 Å². The molecule has 0 radical (unpaired) electrons. The van der Waals surface area contributed by atoms with E-state index in [1.807, 2.05) is 69.3 Å². The number of nitrogens with one attached hydrogen (secondary N) is 1. The Hall–Kier alpha value is -2.14. The molecule has 0 bridgehead atoms. The van der Waals surface area contributed by atoms with Crippen LogP contribution in [0.4, 0.5) is 0 Å². The number of nitrogens with zero attached hydrogens (tertiary/aromatic N) is 1. The van der Waals surface area contributed by atoms with Gasteiger partial charge in [-0.15, -0.1) is 0 Å². The van der Waals surface area contributed by atoms with Crippen molar-refractivity contribution in [2.75, 3.05) is 0 Å². The van der Waals surface area contributed by atoms with Crippen molar-refractivity contribution in [3.8, 4) is 0 Å². The highest BCUT2D eigenvalue weighted by Crippen LogP contribution is 2.17. The maximum Gasteiger partial charge on any atom is 0.242 e. The monoisotopic (exact) mass is 444 g/mol. The maximum atomic E-state index is 13.2. The summed E-state index contributed by atoms with van der Waals surface area (Å²) >= 11 is 3.48. The predicted octanol–water partition coefficient (Wildman–Crippen LogP) is 4.63. The highest BCUT2D eigenvalue weighted by molar-refractivity contribution is 9.10. The fourth-order valence-electron chi connectivity index (χ4n) is 2.95. The first-order chi connectivity index (χ1) is 13.3. The minimum atomic E-state index is -0.551. The molecule has 0 saturated carbocycles. The SMILES string of the molecule is CCC(C)NC(=O)C(C)N(Cc1cccc(Br)c1)C(=O)Cc1ccccc1C. The Bertz CT molecular complexity index is 822. The summed E-state index contributed by atoms with van der Waals surface area (Å²) in [6.45, 7) is 8.18. The quantitative estimate of drug-likeness (QED) is 0.644. The molecule has 5 heteroatoms. The van der Waals surface area contributed by atoms with Gasteiger partial charge in [-0.05, 0) is 56.0 Å². The van der Waals surface area contributed by atoms with Crippen molar-refractivity contribution >= 4 is 27.7 Å². The van der Waals surface area contributed by atoms with Gasteiger partial charge in [-0.2, -0.15) is 0 Å². The van der Waals surface area contributed by atoms with Crippen LogP contribution >= 0.6 is 15.9 Å². The Balaban J connectivity index is 2.25. The Morgan fingerprint density at radius 3 is 2.46 bits per heavy atom. The van der Waals surface area contributed by atoms with Crippen molar-refractivity contribution in [1.82, 2.24) is 10.2 Å². The average Bonchev–Trinajstić information content (AvgIpc) is 2.67. The zero-order valence-corrected chi connectivity index (χ0v) is 18.6. The third-order valence-corrected chi connectivity index (χ3v) is 5.51. The van der Waals surface area contributed by atoms with Crippen LogP contribution in [-0.2, 0) is 22.6 Å². The van der Waals surface area contributed by atoms with Crippen LogP contribution < -0.4 is 5.32 Å². The van der Waals surface area contributed by atoms with E-state index in [1.165, 1.54) is 0 Å². The van der Waals surface area contributed by atoms with Crippen molar-refractivity contribution in [2.24, 2.45) is 0 Å². The highest BCUT2D eigenvalue weighted by Gasteiger charge is 2.27. The van der Waals surface area contributed by atoms with E-state index in [9.17, 15) is 9.59 Å². The van der Waals surface area contributed by atoms with E-state index in [0.29, 0.717) is 6.54 Å². The summed E-state index contributed by atoms with van der Waals surface area (Å²) in [7, 11) is 0. The fourth-order valence-corrected chi connectivity index (χ4v) is 3.40. The molecule has 2 atom stereocenters. The van der Waals surface area contributed by atoms with Crippen LogP contribution in [0.3, 0.4) is 0 Å².